The van der Waals surface area contributed by atoms with Gasteiger partial charge in [-0.25, -0.2) is 13.1 Å². The third-order valence-electron chi connectivity index (χ3n) is 3.18. The quantitative estimate of drug-likeness (QED) is 0.537. The molecular weight excluding hydrogens is 300 g/mol. The van der Waals surface area contributed by atoms with E-state index in [1.165, 1.54) is 6.92 Å². The fraction of sp³-hybridized carbons (Fsp3) is 0.917. The number of rotatable bonds is 10. The molecule has 0 aliphatic carbocycles. The van der Waals surface area contributed by atoms with Crippen LogP contribution in [0, 0.1) is 0 Å². The molecular formula is C12H26N2O4S2. The Morgan fingerprint density at radius 1 is 1.40 bits per heavy atom. The summed E-state index contributed by atoms with van der Waals surface area (Å²) in [7, 11) is -3.45. The second kappa shape index (κ2) is 8.86. The number of hydrogen-bond donors (Lipinski definition) is 3. The molecule has 0 aliphatic rings. The van der Waals surface area contributed by atoms with Crippen molar-refractivity contribution in [2.45, 2.75) is 45.2 Å². The maximum absolute atomic E-state index is 12.2. The lowest BCUT2D eigenvalue weighted by atomic mass is 9.99. The van der Waals surface area contributed by atoms with Crippen LogP contribution in [0.4, 0.5) is 0 Å². The van der Waals surface area contributed by atoms with Gasteiger partial charge in [0.25, 0.3) is 0 Å². The van der Waals surface area contributed by atoms with E-state index in [1.807, 2.05) is 13.2 Å². The molecule has 0 radical (unpaired) electrons. The summed E-state index contributed by atoms with van der Waals surface area (Å²) in [6.07, 6.45) is 2.87. The third kappa shape index (κ3) is 6.92. The van der Waals surface area contributed by atoms with Crippen molar-refractivity contribution in [2.24, 2.45) is 0 Å². The highest BCUT2D eigenvalue weighted by Crippen LogP contribution is 2.10. The van der Waals surface area contributed by atoms with Crippen molar-refractivity contribution in [1.29, 1.82) is 0 Å². The molecule has 3 N–H and O–H groups in total. The maximum atomic E-state index is 12.2. The molecule has 0 heterocycles. The number of carbonyl (C=O) groups excluding carboxylic acids is 1. The monoisotopic (exact) mass is 326 g/mol. The summed E-state index contributed by atoms with van der Waals surface area (Å²) >= 11 is 1.55. The van der Waals surface area contributed by atoms with Crippen LogP contribution in [0.15, 0.2) is 0 Å². The number of nitrogens with one attached hydrogen (secondary N) is 2. The number of thioether (sulfide) groups is 1. The van der Waals surface area contributed by atoms with Gasteiger partial charge in [-0.1, -0.05) is 6.92 Å². The van der Waals surface area contributed by atoms with Gasteiger partial charge in [-0.15, -0.1) is 0 Å². The summed E-state index contributed by atoms with van der Waals surface area (Å²) in [6, 6.07) is -0.801. The van der Waals surface area contributed by atoms with Crippen molar-refractivity contribution < 1.29 is 18.3 Å². The molecule has 2 unspecified atom stereocenters. The van der Waals surface area contributed by atoms with E-state index in [2.05, 4.69) is 10.0 Å². The number of hydrogen-bond acceptors (Lipinski definition) is 5. The van der Waals surface area contributed by atoms with Crippen molar-refractivity contribution in [1.82, 2.24) is 10.0 Å². The fourth-order valence-corrected chi connectivity index (χ4v) is 2.70. The molecule has 6 nitrogen and oxygen atoms in total. The van der Waals surface area contributed by atoms with Gasteiger partial charge in [0.2, 0.25) is 15.9 Å². The standard InChI is InChI=1S/C12H26N2O4S2/c1-5-12(3,9-15)13-11(16)10(7-8-19-4)14-20(17,18)6-2/h10,14-15H,5-9H2,1-4H3,(H,13,16). The first-order valence-electron chi connectivity index (χ1n) is 6.65. The Balaban J connectivity index is 4.89. The summed E-state index contributed by atoms with van der Waals surface area (Å²) in [5.41, 5.74) is -0.730. The van der Waals surface area contributed by atoms with Crippen LogP contribution in [0.5, 0.6) is 0 Å². The van der Waals surface area contributed by atoms with Crippen molar-refractivity contribution in [3.05, 3.63) is 0 Å². The Kier molecular flexibility index (Phi) is 8.72. The summed E-state index contributed by atoms with van der Waals surface area (Å²) < 4.78 is 25.7. The van der Waals surface area contributed by atoms with Crippen LogP contribution in [-0.4, -0.2) is 55.4 Å². The minimum Gasteiger partial charge on any atom is -0.394 e. The van der Waals surface area contributed by atoms with Crippen LogP contribution in [-0.2, 0) is 14.8 Å². The second-order valence-corrected chi connectivity index (χ2v) is 7.95. The lowest BCUT2D eigenvalue weighted by Gasteiger charge is -2.29. The Hall–Kier alpha value is -0.310. The highest BCUT2D eigenvalue weighted by atomic mass is 32.2. The SMILES string of the molecule is CCC(C)(CO)NC(=O)C(CCSC)NS(=O)(=O)CC. The average molecular weight is 326 g/mol. The lowest BCUT2D eigenvalue weighted by molar-refractivity contribution is -0.125. The zero-order chi connectivity index (χ0) is 15.8. The first-order valence-corrected chi connectivity index (χ1v) is 9.70. The van der Waals surface area contributed by atoms with E-state index < -0.39 is 27.5 Å². The van der Waals surface area contributed by atoms with E-state index in [1.54, 1.807) is 18.7 Å². The molecule has 0 fully saturated rings. The molecule has 20 heavy (non-hydrogen) atoms. The van der Waals surface area contributed by atoms with Gasteiger partial charge in [-0.05, 0) is 38.7 Å². The fourth-order valence-electron chi connectivity index (χ4n) is 1.40. The molecule has 0 saturated heterocycles. The summed E-state index contributed by atoms with van der Waals surface area (Å²) in [5, 5.41) is 12.0. The van der Waals surface area contributed by atoms with Gasteiger partial charge in [0.05, 0.1) is 17.9 Å². The van der Waals surface area contributed by atoms with Crippen molar-refractivity contribution in [2.75, 3.05) is 24.4 Å². The van der Waals surface area contributed by atoms with Crippen LogP contribution < -0.4 is 10.0 Å². The number of carbonyl (C=O) groups is 1. The average Bonchev–Trinajstić information content (AvgIpc) is 2.43. The number of sulfonamides is 1. The van der Waals surface area contributed by atoms with Crippen molar-refractivity contribution in [3.63, 3.8) is 0 Å². The lowest BCUT2D eigenvalue weighted by Crippen LogP contribution is -2.56. The first kappa shape index (κ1) is 19.7. The van der Waals surface area contributed by atoms with E-state index >= 15 is 0 Å². The van der Waals surface area contributed by atoms with Gasteiger partial charge in [0.15, 0.2) is 0 Å². The Labute approximate surface area is 126 Å². The smallest absolute Gasteiger partial charge is 0.238 e. The number of aliphatic hydroxyl groups excluding tert-OH is 1. The van der Waals surface area contributed by atoms with Gasteiger partial charge in [0, 0.05) is 0 Å². The highest BCUT2D eigenvalue weighted by molar-refractivity contribution is 7.98. The molecule has 120 valence electrons. The van der Waals surface area contributed by atoms with Crippen molar-refractivity contribution >= 4 is 27.7 Å². The topological polar surface area (TPSA) is 95.5 Å². The van der Waals surface area contributed by atoms with Crippen LogP contribution >= 0.6 is 11.8 Å². The molecule has 0 saturated carbocycles. The summed E-state index contributed by atoms with van der Waals surface area (Å²) in [4.78, 5) is 12.2. The minimum absolute atomic E-state index is 0.0684. The zero-order valence-corrected chi connectivity index (χ0v) is 14.2. The van der Waals surface area contributed by atoms with Crippen LogP contribution in [0.25, 0.3) is 0 Å². The second-order valence-electron chi connectivity index (χ2n) is 4.92. The number of amides is 1. The number of aliphatic hydroxyl groups is 1. The minimum atomic E-state index is -3.45. The van der Waals surface area contributed by atoms with Gasteiger partial charge < -0.3 is 10.4 Å². The largest absolute Gasteiger partial charge is 0.394 e. The molecule has 0 aromatic rings. The molecule has 0 aliphatic heterocycles. The molecule has 1 amide bonds. The first-order chi connectivity index (χ1) is 9.23. The maximum Gasteiger partial charge on any atom is 0.238 e. The molecule has 0 bridgehead atoms. The summed E-state index contributed by atoms with van der Waals surface area (Å²) in [5.74, 6) is 0.211. The molecule has 0 rings (SSSR count). The van der Waals surface area contributed by atoms with Crippen LogP contribution in [0.1, 0.15) is 33.6 Å². The van der Waals surface area contributed by atoms with E-state index in [0.717, 1.165) is 0 Å². The molecule has 0 aromatic heterocycles. The van der Waals surface area contributed by atoms with Gasteiger partial charge in [-0.3, -0.25) is 4.79 Å². The third-order valence-corrected chi connectivity index (χ3v) is 5.23. The molecule has 0 spiro atoms. The Morgan fingerprint density at radius 2 is 2.00 bits per heavy atom. The van der Waals surface area contributed by atoms with Crippen LogP contribution in [0.3, 0.4) is 0 Å². The highest BCUT2D eigenvalue weighted by Gasteiger charge is 2.29. The van der Waals surface area contributed by atoms with Crippen molar-refractivity contribution in [3.8, 4) is 0 Å². The Bertz CT molecular complexity index is 394. The Morgan fingerprint density at radius 3 is 2.40 bits per heavy atom. The predicted octanol–water partition coefficient (Wildman–Crippen LogP) is 0.325. The molecule has 2 atom stereocenters. The zero-order valence-electron chi connectivity index (χ0n) is 12.6. The van der Waals surface area contributed by atoms with E-state index in [4.69, 9.17) is 0 Å². The van der Waals surface area contributed by atoms with E-state index in [0.29, 0.717) is 18.6 Å². The molecule has 8 heteroatoms. The van der Waals surface area contributed by atoms with E-state index in [9.17, 15) is 18.3 Å². The van der Waals surface area contributed by atoms with Crippen LogP contribution in [0.2, 0.25) is 0 Å². The summed E-state index contributed by atoms with van der Waals surface area (Å²) in [6.45, 7) is 4.91. The normalized spacial score (nSPS) is 16.4. The van der Waals surface area contributed by atoms with Gasteiger partial charge >= 0.3 is 0 Å². The van der Waals surface area contributed by atoms with E-state index in [-0.39, 0.29) is 12.4 Å². The van der Waals surface area contributed by atoms with Gasteiger partial charge in [-0.2, -0.15) is 11.8 Å². The predicted molar refractivity (Wildman–Crippen MR) is 83.3 cm³/mol. The van der Waals surface area contributed by atoms with Gasteiger partial charge in [0.1, 0.15) is 6.04 Å². The molecule has 0 aromatic carbocycles.